The van der Waals surface area contributed by atoms with Gasteiger partial charge in [0.1, 0.15) is 5.60 Å². The predicted octanol–water partition coefficient (Wildman–Crippen LogP) is 0.586. The summed E-state index contributed by atoms with van der Waals surface area (Å²) in [5.74, 6) is 0. The fourth-order valence-electron chi connectivity index (χ4n) is 1.74. The van der Waals surface area contributed by atoms with Crippen LogP contribution in [-0.4, -0.2) is 23.2 Å². The molecule has 0 spiro atoms. The third-order valence-corrected chi connectivity index (χ3v) is 2.46. The van der Waals surface area contributed by atoms with E-state index in [-0.39, 0.29) is 0 Å². The summed E-state index contributed by atoms with van der Waals surface area (Å²) in [6.45, 7) is 1.68. The summed E-state index contributed by atoms with van der Waals surface area (Å²) < 4.78 is 0. The van der Waals surface area contributed by atoms with Crippen LogP contribution in [0.4, 0.5) is 0 Å². The molecule has 1 aliphatic heterocycles. The molecule has 1 aromatic rings. The molecular weight excluding hydrogens is 152 g/mol. The first-order valence-electron chi connectivity index (χ1n) is 4.38. The van der Waals surface area contributed by atoms with Gasteiger partial charge in [0.15, 0.2) is 0 Å². The maximum atomic E-state index is 10.1. The Bertz CT molecular complexity index is 237. The van der Waals surface area contributed by atoms with E-state index in [1.807, 2.05) is 18.3 Å². The third-order valence-electron chi connectivity index (χ3n) is 2.46. The normalized spacial score (nSPS) is 30.4. The molecule has 1 aliphatic rings. The third kappa shape index (κ3) is 1.26. The lowest BCUT2D eigenvalue weighted by atomic mass is 9.91. The first-order valence-corrected chi connectivity index (χ1v) is 4.38. The summed E-state index contributed by atoms with van der Waals surface area (Å²) in [4.78, 5) is 3.06. The number of H-pyrrole nitrogens is 1. The minimum absolute atomic E-state index is 0.660. The lowest BCUT2D eigenvalue weighted by Gasteiger charge is -2.31. The van der Waals surface area contributed by atoms with Crippen LogP contribution in [0.1, 0.15) is 18.5 Å². The first-order chi connectivity index (χ1) is 5.81. The zero-order valence-corrected chi connectivity index (χ0v) is 7.01. The topological polar surface area (TPSA) is 48.0 Å². The molecule has 0 saturated carbocycles. The SMILES string of the molecule is OC1(c2ccc[nH]2)CCCNC1. The zero-order chi connectivity index (χ0) is 8.44. The van der Waals surface area contributed by atoms with Gasteiger partial charge in [-0.3, -0.25) is 0 Å². The largest absolute Gasteiger partial charge is 0.382 e. The second-order valence-electron chi connectivity index (χ2n) is 3.40. The molecule has 1 saturated heterocycles. The van der Waals surface area contributed by atoms with E-state index in [9.17, 15) is 5.11 Å². The number of rotatable bonds is 1. The minimum atomic E-state index is -0.665. The molecule has 0 aliphatic carbocycles. The Morgan fingerprint density at radius 3 is 3.00 bits per heavy atom. The standard InChI is InChI=1S/C9H14N2O/c12-9(4-2-5-10-7-9)8-3-1-6-11-8/h1,3,6,10-12H,2,4-5,7H2. The van der Waals surface area contributed by atoms with Crippen molar-refractivity contribution in [3.05, 3.63) is 24.0 Å². The van der Waals surface area contributed by atoms with E-state index in [0.29, 0.717) is 6.54 Å². The van der Waals surface area contributed by atoms with Gasteiger partial charge in [-0.25, -0.2) is 0 Å². The number of hydrogen-bond donors (Lipinski definition) is 3. The molecule has 0 bridgehead atoms. The monoisotopic (exact) mass is 166 g/mol. The van der Waals surface area contributed by atoms with Crippen LogP contribution in [0.3, 0.4) is 0 Å². The minimum Gasteiger partial charge on any atom is -0.382 e. The molecule has 3 heteroatoms. The molecular formula is C9H14N2O. The van der Waals surface area contributed by atoms with E-state index in [4.69, 9.17) is 0 Å². The highest BCUT2D eigenvalue weighted by atomic mass is 16.3. The van der Waals surface area contributed by atoms with Crippen molar-refractivity contribution in [2.24, 2.45) is 0 Å². The first kappa shape index (κ1) is 7.83. The van der Waals surface area contributed by atoms with Gasteiger partial charge in [0.2, 0.25) is 0 Å². The number of piperidine rings is 1. The van der Waals surface area contributed by atoms with Gasteiger partial charge in [0.25, 0.3) is 0 Å². The molecule has 1 unspecified atom stereocenters. The van der Waals surface area contributed by atoms with Gasteiger partial charge in [0, 0.05) is 18.4 Å². The van der Waals surface area contributed by atoms with Crippen molar-refractivity contribution >= 4 is 0 Å². The number of hydrogen-bond acceptors (Lipinski definition) is 2. The van der Waals surface area contributed by atoms with Crippen LogP contribution in [0, 0.1) is 0 Å². The summed E-state index contributed by atoms with van der Waals surface area (Å²) in [7, 11) is 0. The van der Waals surface area contributed by atoms with Gasteiger partial charge >= 0.3 is 0 Å². The molecule has 12 heavy (non-hydrogen) atoms. The van der Waals surface area contributed by atoms with E-state index < -0.39 is 5.60 Å². The Hall–Kier alpha value is -0.800. The van der Waals surface area contributed by atoms with Crippen molar-refractivity contribution in [3.8, 4) is 0 Å². The average Bonchev–Trinajstić information content (AvgIpc) is 2.58. The van der Waals surface area contributed by atoms with Gasteiger partial charge in [-0.2, -0.15) is 0 Å². The van der Waals surface area contributed by atoms with Crippen LogP contribution >= 0.6 is 0 Å². The molecule has 1 fully saturated rings. The molecule has 66 valence electrons. The van der Waals surface area contributed by atoms with Crippen LogP contribution in [0.15, 0.2) is 18.3 Å². The van der Waals surface area contributed by atoms with Gasteiger partial charge in [-0.05, 0) is 31.5 Å². The van der Waals surface area contributed by atoms with Gasteiger partial charge in [-0.1, -0.05) is 0 Å². The lowest BCUT2D eigenvalue weighted by molar-refractivity contribution is 0.00871. The highest BCUT2D eigenvalue weighted by molar-refractivity contribution is 5.14. The summed E-state index contributed by atoms with van der Waals surface area (Å²) in [5.41, 5.74) is 0.261. The highest BCUT2D eigenvalue weighted by Gasteiger charge is 2.31. The fourth-order valence-corrected chi connectivity index (χ4v) is 1.74. The van der Waals surface area contributed by atoms with E-state index in [2.05, 4.69) is 10.3 Å². The quantitative estimate of drug-likeness (QED) is 0.571. The summed E-state index contributed by atoms with van der Waals surface area (Å²) in [6, 6.07) is 3.86. The lowest BCUT2D eigenvalue weighted by Crippen LogP contribution is -2.43. The van der Waals surface area contributed by atoms with Gasteiger partial charge < -0.3 is 15.4 Å². The smallest absolute Gasteiger partial charge is 0.117 e. The van der Waals surface area contributed by atoms with Crippen LogP contribution in [0.5, 0.6) is 0 Å². The second kappa shape index (κ2) is 2.92. The van der Waals surface area contributed by atoms with Crippen molar-refractivity contribution in [3.63, 3.8) is 0 Å². The van der Waals surface area contributed by atoms with Crippen molar-refractivity contribution in [1.82, 2.24) is 10.3 Å². The molecule has 0 amide bonds. The van der Waals surface area contributed by atoms with E-state index in [1.165, 1.54) is 0 Å². The van der Waals surface area contributed by atoms with Crippen LogP contribution in [0.2, 0.25) is 0 Å². The summed E-state index contributed by atoms with van der Waals surface area (Å²) >= 11 is 0. The van der Waals surface area contributed by atoms with Crippen molar-refractivity contribution < 1.29 is 5.11 Å². The molecule has 3 nitrogen and oxygen atoms in total. The Morgan fingerprint density at radius 1 is 1.50 bits per heavy atom. The zero-order valence-electron chi connectivity index (χ0n) is 7.01. The number of β-amino-alcohol motifs (C(OH)–C–C–N with tert-alkyl or cyclic N) is 1. The van der Waals surface area contributed by atoms with Crippen molar-refractivity contribution in [2.75, 3.05) is 13.1 Å². The number of aromatic amines is 1. The molecule has 1 aromatic heterocycles. The van der Waals surface area contributed by atoms with Crippen molar-refractivity contribution in [1.29, 1.82) is 0 Å². The average molecular weight is 166 g/mol. The molecule has 1 atom stereocenters. The number of aromatic nitrogens is 1. The Balaban J connectivity index is 2.19. The summed E-state index contributed by atoms with van der Waals surface area (Å²) in [5, 5.41) is 13.3. The Labute approximate surface area is 71.8 Å². The van der Waals surface area contributed by atoms with Crippen LogP contribution in [0.25, 0.3) is 0 Å². The van der Waals surface area contributed by atoms with E-state index in [1.54, 1.807) is 0 Å². The maximum Gasteiger partial charge on any atom is 0.117 e. The molecule has 2 rings (SSSR count). The number of nitrogens with one attached hydrogen (secondary N) is 2. The van der Waals surface area contributed by atoms with Crippen LogP contribution in [-0.2, 0) is 5.60 Å². The second-order valence-corrected chi connectivity index (χ2v) is 3.40. The molecule has 3 N–H and O–H groups in total. The Kier molecular flexibility index (Phi) is 1.90. The summed E-state index contributed by atoms with van der Waals surface area (Å²) in [6.07, 6.45) is 3.73. The van der Waals surface area contributed by atoms with Crippen LogP contribution < -0.4 is 5.32 Å². The fraction of sp³-hybridized carbons (Fsp3) is 0.556. The van der Waals surface area contributed by atoms with E-state index in [0.717, 1.165) is 25.1 Å². The molecule has 0 radical (unpaired) electrons. The molecule has 2 heterocycles. The van der Waals surface area contributed by atoms with E-state index >= 15 is 0 Å². The molecule has 0 aromatic carbocycles. The van der Waals surface area contributed by atoms with Gasteiger partial charge in [0.05, 0.1) is 0 Å². The Morgan fingerprint density at radius 2 is 2.42 bits per heavy atom. The van der Waals surface area contributed by atoms with Crippen molar-refractivity contribution in [2.45, 2.75) is 18.4 Å². The predicted molar refractivity (Wildman–Crippen MR) is 46.8 cm³/mol. The highest BCUT2D eigenvalue weighted by Crippen LogP contribution is 2.26. The maximum absolute atomic E-state index is 10.1. The van der Waals surface area contributed by atoms with Gasteiger partial charge in [-0.15, -0.1) is 0 Å². The number of aliphatic hydroxyl groups is 1.